The zero-order chi connectivity index (χ0) is 12.1. The average molecular weight is 234 g/mol. The number of methoxy groups -OCH3 is 3. The van der Waals surface area contributed by atoms with Crippen LogP contribution in [-0.4, -0.2) is 58.5 Å². The lowest BCUT2D eigenvalue weighted by atomic mass is 10.0. The van der Waals surface area contributed by atoms with Crippen molar-refractivity contribution in [3.63, 3.8) is 0 Å². The van der Waals surface area contributed by atoms with Gasteiger partial charge in [0.25, 0.3) is 0 Å². The van der Waals surface area contributed by atoms with Gasteiger partial charge in [-0.05, 0) is 0 Å². The summed E-state index contributed by atoms with van der Waals surface area (Å²) in [6.45, 7) is 1.58. The predicted octanol–water partition coefficient (Wildman–Crippen LogP) is -0.0492. The lowest BCUT2D eigenvalue weighted by Crippen LogP contribution is -2.56. The Morgan fingerprint density at radius 1 is 1.12 bits per heavy atom. The van der Waals surface area contributed by atoms with Gasteiger partial charge in [-0.15, -0.1) is 0 Å². The zero-order valence-corrected chi connectivity index (χ0v) is 9.97. The quantitative estimate of drug-likeness (QED) is 0.635. The second kappa shape index (κ2) is 6.15. The summed E-state index contributed by atoms with van der Waals surface area (Å²) >= 11 is 0. The van der Waals surface area contributed by atoms with E-state index in [1.807, 2.05) is 0 Å². The summed E-state index contributed by atoms with van der Waals surface area (Å²) < 4.78 is 26.1. The number of ether oxygens (including phenoxy) is 5. The SMILES string of the molecule is COC1OCC(OC(C)=O)C(OC)C1OC. The van der Waals surface area contributed by atoms with Crippen LogP contribution in [-0.2, 0) is 28.5 Å². The first-order valence-electron chi connectivity index (χ1n) is 5.01. The van der Waals surface area contributed by atoms with Crippen molar-refractivity contribution in [2.75, 3.05) is 27.9 Å². The number of esters is 1. The molecule has 6 nitrogen and oxygen atoms in total. The molecule has 1 saturated heterocycles. The molecule has 6 heteroatoms. The molecule has 0 aromatic carbocycles. The van der Waals surface area contributed by atoms with Crippen molar-refractivity contribution >= 4 is 5.97 Å². The van der Waals surface area contributed by atoms with E-state index < -0.39 is 24.6 Å². The van der Waals surface area contributed by atoms with Crippen LogP contribution < -0.4 is 0 Å². The molecule has 0 radical (unpaired) electrons. The van der Waals surface area contributed by atoms with Crippen LogP contribution in [0.2, 0.25) is 0 Å². The van der Waals surface area contributed by atoms with E-state index in [4.69, 9.17) is 23.7 Å². The fourth-order valence-electron chi connectivity index (χ4n) is 1.79. The first kappa shape index (κ1) is 13.4. The Labute approximate surface area is 94.7 Å². The van der Waals surface area contributed by atoms with Crippen LogP contribution >= 0.6 is 0 Å². The van der Waals surface area contributed by atoms with E-state index >= 15 is 0 Å². The van der Waals surface area contributed by atoms with Gasteiger partial charge in [0.1, 0.15) is 12.2 Å². The summed E-state index contributed by atoms with van der Waals surface area (Å²) in [4.78, 5) is 10.9. The summed E-state index contributed by atoms with van der Waals surface area (Å²) in [6.07, 6.45) is -1.80. The summed E-state index contributed by atoms with van der Waals surface area (Å²) in [5.74, 6) is -0.374. The molecule has 0 aromatic heterocycles. The van der Waals surface area contributed by atoms with Crippen molar-refractivity contribution in [3.8, 4) is 0 Å². The molecule has 1 aliphatic rings. The monoisotopic (exact) mass is 234 g/mol. The Morgan fingerprint density at radius 3 is 2.19 bits per heavy atom. The van der Waals surface area contributed by atoms with Gasteiger partial charge in [0.05, 0.1) is 6.61 Å². The molecule has 94 valence electrons. The summed E-state index contributed by atoms with van der Waals surface area (Å²) in [5, 5.41) is 0. The maximum atomic E-state index is 10.9. The predicted molar refractivity (Wildman–Crippen MR) is 53.9 cm³/mol. The van der Waals surface area contributed by atoms with E-state index in [9.17, 15) is 4.79 Å². The molecule has 0 amide bonds. The molecule has 16 heavy (non-hydrogen) atoms. The van der Waals surface area contributed by atoms with Gasteiger partial charge in [-0.1, -0.05) is 0 Å². The Morgan fingerprint density at radius 2 is 1.75 bits per heavy atom. The number of rotatable bonds is 4. The highest BCUT2D eigenvalue weighted by atomic mass is 16.7. The molecule has 0 saturated carbocycles. The maximum absolute atomic E-state index is 10.9. The maximum Gasteiger partial charge on any atom is 0.303 e. The topological polar surface area (TPSA) is 63.2 Å². The van der Waals surface area contributed by atoms with Gasteiger partial charge in [-0.2, -0.15) is 0 Å². The Hall–Kier alpha value is -0.690. The summed E-state index contributed by atoms with van der Waals surface area (Å²) in [7, 11) is 4.59. The molecule has 1 aliphatic heterocycles. The van der Waals surface area contributed by atoms with Crippen molar-refractivity contribution in [2.24, 2.45) is 0 Å². The van der Waals surface area contributed by atoms with Gasteiger partial charge in [0.15, 0.2) is 12.4 Å². The second-order valence-electron chi connectivity index (χ2n) is 3.49. The smallest absolute Gasteiger partial charge is 0.303 e. The average Bonchev–Trinajstić information content (AvgIpc) is 2.27. The Bertz CT molecular complexity index is 231. The minimum absolute atomic E-state index is 0.233. The van der Waals surface area contributed by atoms with Gasteiger partial charge in [-0.25, -0.2) is 0 Å². The van der Waals surface area contributed by atoms with E-state index in [1.165, 1.54) is 28.3 Å². The van der Waals surface area contributed by atoms with Crippen LogP contribution in [0.15, 0.2) is 0 Å². The van der Waals surface area contributed by atoms with E-state index in [0.29, 0.717) is 0 Å². The molecule has 0 spiro atoms. The van der Waals surface area contributed by atoms with Gasteiger partial charge in [0.2, 0.25) is 0 Å². The molecule has 1 fully saturated rings. The molecule has 1 heterocycles. The van der Waals surface area contributed by atoms with Crippen molar-refractivity contribution in [1.82, 2.24) is 0 Å². The summed E-state index contributed by atoms with van der Waals surface area (Å²) in [5.41, 5.74) is 0. The van der Waals surface area contributed by atoms with Crippen LogP contribution in [0.25, 0.3) is 0 Å². The molecule has 1 rings (SSSR count). The van der Waals surface area contributed by atoms with Crippen LogP contribution in [0, 0.1) is 0 Å². The number of hydrogen-bond acceptors (Lipinski definition) is 6. The zero-order valence-electron chi connectivity index (χ0n) is 9.97. The Balaban J connectivity index is 2.71. The fraction of sp³-hybridized carbons (Fsp3) is 0.900. The fourth-order valence-corrected chi connectivity index (χ4v) is 1.79. The third-order valence-electron chi connectivity index (χ3n) is 2.48. The van der Waals surface area contributed by atoms with Crippen LogP contribution in [0.1, 0.15) is 6.92 Å². The van der Waals surface area contributed by atoms with E-state index in [2.05, 4.69) is 0 Å². The van der Waals surface area contributed by atoms with E-state index in [1.54, 1.807) is 0 Å². The standard InChI is InChI=1S/C10H18O6/c1-6(11)16-7-5-15-10(14-4)9(13-3)8(7)12-2/h7-10H,5H2,1-4H3. The number of carbonyl (C=O) groups excluding carboxylic acids is 1. The van der Waals surface area contributed by atoms with E-state index in [-0.39, 0.29) is 12.6 Å². The third kappa shape index (κ3) is 2.91. The lowest BCUT2D eigenvalue weighted by molar-refractivity contribution is -0.275. The molecule has 4 unspecified atom stereocenters. The molecular formula is C10H18O6. The largest absolute Gasteiger partial charge is 0.457 e. The van der Waals surface area contributed by atoms with Crippen molar-refractivity contribution < 1.29 is 28.5 Å². The Kier molecular flexibility index (Phi) is 5.14. The van der Waals surface area contributed by atoms with Crippen molar-refractivity contribution in [3.05, 3.63) is 0 Å². The van der Waals surface area contributed by atoms with Crippen LogP contribution in [0.3, 0.4) is 0 Å². The highest BCUT2D eigenvalue weighted by Gasteiger charge is 2.43. The molecule has 4 atom stereocenters. The normalized spacial score (nSPS) is 34.8. The van der Waals surface area contributed by atoms with Crippen LogP contribution in [0.4, 0.5) is 0 Å². The van der Waals surface area contributed by atoms with Crippen molar-refractivity contribution in [2.45, 2.75) is 31.5 Å². The molecule has 0 aliphatic carbocycles. The van der Waals surface area contributed by atoms with Gasteiger partial charge in [-0.3, -0.25) is 4.79 Å². The van der Waals surface area contributed by atoms with Gasteiger partial charge in [0, 0.05) is 28.3 Å². The summed E-state index contributed by atoms with van der Waals surface area (Å²) in [6, 6.07) is 0. The minimum Gasteiger partial charge on any atom is -0.457 e. The third-order valence-corrected chi connectivity index (χ3v) is 2.48. The highest BCUT2D eigenvalue weighted by Crippen LogP contribution is 2.23. The molecule has 0 aromatic rings. The molecule has 0 N–H and O–H groups in total. The molecular weight excluding hydrogens is 216 g/mol. The number of carbonyl (C=O) groups is 1. The number of hydrogen-bond donors (Lipinski definition) is 0. The lowest BCUT2D eigenvalue weighted by Gasteiger charge is -2.39. The van der Waals surface area contributed by atoms with Crippen molar-refractivity contribution in [1.29, 1.82) is 0 Å². The minimum atomic E-state index is -0.512. The van der Waals surface area contributed by atoms with Gasteiger partial charge < -0.3 is 23.7 Å². The molecule has 0 bridgehead atoms. The first-order valence-corrected chi connectivity index (χ1v) is 5.01. The van der Waals surface area contributed by atoms with Gasteiger partial charge >= 0.3 is 5.97 Å². The second-order valence-corrected chi connectivity index (χ2v) is 3.49. The van der Waals surface area contributed by atoms with E-state index in [0.717, 1.165) is 0 Å². The van der Waals surface area contributed by atoms with Crippen LogP contribution in [0.5, 0.6) is 0 Å². The highest BCUT2D eigenvalue weighted by molar-refractivity contribution is 5.66. The first-order chi connectivity index (χ1) is 7.63.